The first-order valence-electron chi connectivity index (χ1n) is 6.77. The highest BCUT2D eigenvalue weighted by Gasteiger charge is 2.20. The zero-order valence-electron chi connectivity index (χ0n) is 11.3. The van der Waals surface area contributed by atoms with Crippen LogP contribution in [0.2, 0.25) is 0 Å². The van der Waals surface area contributed by atoms with Gasteiger partial charge < -0.3 is 9.84 Å². The summed E-state index contributed by atoms with van der Waals surface area (Å²) in [7, 11) is 0. The van der Waals surface area contributed by atoms with Crippen molar-refractivity contribution in [3.63, 3.8) is 0 Å². The average molecular weight is 253 g/mol. The van der Waals surface area contributed by atoms with Gasteiger partial charge in [-0.05, 0) is 19.4 Å². The molecule has 1 aliphatic rings. The van der Waals surface area contributed by atoms with Gasteiger partial charge in [-0.15, -0.1) is 0 Å². The molecular weight excluding hydrogens is 230 g/mol. The monoisotopic (exact) mass is 253 g/mol. The maximum absolute atomic E-state index is 9.15. The zero-order chi connectivity index (χ0) is 13.0. The number of aryl methyl sites for hydroxylation is 2. The standard InChI is InChI=1S/C13H23N3O2/c1-3-11-7-12(16(4-2)14-11)8-15-5-6-18-13(9-15)10-17/h7,13,17H,3-6,8-10H2,1-2H3. The van der Waals surface area contributed by atoms with Crippen LogP contribution in [0.15, 0.2) is 6.07 Å². The van der Waals surface area contributed by atoms with E-state index in [0.29, 0.717) is 6.61 Å². The summed E-state index contributed by atoms with van der Waals surface area (Å²) in [6, 6.07) is 2.19. The molecule has 2 rings (SSSR count). The molecule has 1 fully saturated rings. The number of ether oxygens (including phenoxy) is 1. The molecular formula is C13H23N3O2. The van der Waals surface area contributed by atoms with Crippen LogP contribution in [0.4, 0.5) is 0 Å². The van der Waals surface area contributed by atoms with Gasteiger partial charge in [-0.2, -0.15) is 5.10 Å². The van der Waals surface area contributed by atoms with Crippen LogP contribution in [0.25, 0.3) is 0 Å². The number of aromatic nitrogens is 2. The minimum atomic E-state index is -0.0395. The first kappa shape index (κ1) is 13.5. The van der Waals surface area contributed by atoms with Crippen molar-refractivity contribution in [2.24, 2.45) is 0 Å². The van der Waals surface area contributed by atoms with E-state index in [0.717, 1.165) is 38.3 Å². The molecule has 1 atom stereocenters. The number of aliphatic hydroxyl groups excluding tert-OH is 1. The van der Waals surface area contributed by atoms with Crippen molar-refractivity contribution in [3.8, 4) is 0 Å². The van der Waals surface area contributed by atoms with Gasteiger partial charge in [-0.1, -0.05) is 6.92 Å². The predicted octanol–water partition coefficient (Wildman–Crippen LogP) is 0.658. The maximum atomic E-state index is 9.15. The van der Waals surface area contributed by atoms with E-state index in [1.165, 1.54) is 5.69 Å². The van der Waals surface area contributed by atoms with Crippen molar-refractivity contribution in [1.29, 1.82) is 0 Å². The van der Waals surface area contributed by atoms with Gasteiger partial charge in [0.25, 0.3) is 0 Å². The highest BCUT2D eigenvalue weighted by molar-refractivity contribution is 5.10. The van der Waals surface area contributed by atoms with Gasteiger partial charge in [0.15, 0.2) is 0 Å². The lowest BCUT2D eigenvalue weighted by atomic mass is 10.2. The van der Waals surface area contributed by atoms with Crippen molar-refractivity contribution in [2.45, 2.75) is 39.5 Å². The highest BCUT2D eigenvalue weighted by Crippen LogP contribution is 2.12. The first-order chi connectivity index (χ1) is 8.76. The van der Waals surface area contributed by atoms with E-state index in [4.69, 9.17) is 9.84 Å². The van der Waals surface area contributed by atoms with E-state index in [1.807, 2.05) is 0 Å². The quantitative estimate of drug-likeness (QED) is 0.837. The van der Waals surface area contributed by atoms with E-state index in [1.54, 1.807) is 0 Å². The van der Waals surface area contributed by atoms with Crippen molar-refractivity contribution >= 4 is 0 Å². The molecule has 1 aromatic heterocycles. The van der Waals surface area contributed by atoms with Gasteiger partial charge in [-0.3, -0.25) is 9.58 Å². The molecule has 1 aliphatic heterocycles. The summed E-state index contributed by atoms with van der Waals surface area (Å²) in [4.78, 5) is 2.33. The summed E-state index contributed by atoms with van der Waals surface area (Å²) >= 11 is 0. The van der Waals surface area contributed by atoms with Gasteiger partial charge in [-0.25, -0.2) is 0 Å². The average Bonchev–Trinajstić information content (AvgIpc) is 2.81. The molecule has 102 valence electrons. The van der Waals surface area contributed by atoms with Crippen LogP contribution in [0, 0.1) is 0 Å². The van der Waals surface area contributed by atoms with Gasteiger partial charge in [0.2, 0.25) is 0 Å². The zero-order valence-corrected chi connectivity index (χ0v) is 11.3. The lowest BCUT2D eigenvalue weighted by molar-refractivity contribution is -0.0556. The fourth-order valence-corrected chi connectivity index (χ4v) is 2.35. The predicted molar refractivity (Wildman–Crippen MR) is 69.4 cm³/mol. The van der Waals surface area contributed by atoms with Gasteiger partial charge in [0.1, 0.15) is 0 Å². The van der Waals surface area contributed by atoms with Crippen molar-refractivity contribution < 1.29 is 9.84 Å². The smallest absolute Gasteiger partial charge is 0.0933 e. The number of aliphatic hydroxyl groups is 1. The Balaban J connectivity index is 2.01. The minimum Gasteiger partial charge on any atom is -0.394 e. The number of rotatable bonds is 5. The third kappa shape index (κ3) is 3.10. The molecule has 0 amide bonds. The van der Waals surface area contributed by atoms with Crippen LogP contribution in [0.5, 0.6) is 0 Å². The van der Waals surface area contributed by atoms with Crippen LogP contribution < -0.4 is 0 Å². The molecule has 0 aliphatic carbocycles. The molecule has 2 heterocycles. The van der Waals surface area contributed by atoms with Crippen molar-refractivity contribution in [3.05, 3.63) is 17.5 Å². The van der Waals surface area contributed by atoms with E-state index in [-0.39, 0.29) is 12.7 Å². The van der Waals surface area contributed by atoms with Crippen LogP contribution in [0.1, 0.15) is 25.2 Å². The van der Waals surface area contributed by atoms with E-state index >= 15 is 0 Å². The van der Waals surface area contributed by atoms with E-state index in [9.17, 15) is 0 Å². The van der Waals surface area contributed by atoms with Crippen LogP contribution >= 0.6 is 0 Å². The van der Waals surface area contributed by atoms with Crippen molar-refractivity contribution in [1.82, 2.24) is 14.7 Å². The summed E-state index contributed by atoms with van der Waals surface area (Å²) in [5.74, 6) is 0. The Bertz CT molecular complexity index is 378. The maximum Gasteiger partial charge on any atom is 0.0933 e. The fraction of sp³-hybridized carbons (Fsp3) is 0.769. The normalized spacial score (nSPS) is 21.4. The summed E-state index contributed by atoms with van der Waals surface area (Å²) in [5.41, 5.74) is 2.41. The summed E-state index contributed by atoms with van der Waals surface area (Å²) in [5, 5.41) is 13.7. The molecule has 5 nitrogen and oxygen atoms in total. The van der Waals surface area contributed by atoms with E-state index < -0.39 is 0 Å². The molecule has 18 heavy (non-hydrogen) atoms. The van der Waals surface area contributed by atoms with Gasteiger partial charge in [0, 0.05) is 26.2 Å². The number of nitrogens with zero attached hydrogens (tertiary/aromatic N) is 3. The SMILES string of the molecule is CCc1cc(CN2CCOC(CO)C2)n(CC)n1. The molecule has 0 spiro atoms. The summed E-state index contributed by atoms with van der Waals surface area (Å²) in [6.45, 7) is 8.56. The van der Waals surface area contributed by atoms with Crippen molar-refractivity contribution in [2.75, 3.05) is 26.3 Å². The summed E-state index contributed by atoms with van der Waals surface area (Å²) in [6.07, 6.45) is 0.935. The van der Waals surface area contributed by atoms with E-state index in [2.05, 4.69) is 34.6 Å². The molecule has 0 saturated carbocycles. The van der Waals surface area contributed by atoms with Gasteiger partial charge in [0.05, 0.1) is 30.7 Å². The topological polar surface area (TPSA) is 50.5 Å². The Labute approximate surface area is 108 Å². The van der Waals surface area contributed by atoms with Crippen LogP contribution in [-0.4, -0.2) is 52.2 Å². The Kier molecular flexibility index (Phi) is 4.74. The van der Waals surface area contributed by atoms with Crippen LogP contribution in [0.3, 0.4) is 0 Å². The molecule has 1 N–H and O–H groups in total. The fourth-order valence-electron chi connectivity index (χ4n) is 2.35. The van der Waals surface area contributed by atoms with Crippen LogP contribution in [-0.2, 0) is 24.2 Å². The molecule has 1 unspecified atom stereocenters. The number of morpholine rings is 1. The van der Waals surface area contributed by atoms with Gasteiger partial charge >= 0.3 is 0 Å². The Morgan fingerprint density at radius 1 is 1.50 bits per heavy atom. The highest BCUT2D eigenvalue weighted by atomic mass is 16.5. The Morgan fingerprint density at radius 2 is 2.33 bits per heavy atom. The largest absolute Gasteiger partial charge is 0.394 e. The third-order valence-electron chi connectivity index (χ3n) is 3.39. The molecule has 1 saturated heterocycles. The lowest BCUT2D eigenvalue weighted by Gasteiger charge is -2.31. The second kappa shape index (κ2) is 6.31. The number of hydrogen-bond acceptors (Lipinski definition) is 4. The third-order valence-corrected chi connectivity index (χ3v) is 3.39. The molecule has 0 bridgehead atoms. The first-order valence-corrected chi connectivity index (χ1v) is 6.77. The Hall–Kier alpha value is -0.910. The Morgan fingerprint density at radius 3 is 3.00 bits per heavy atom. The second-order valence-electron chi connectivity index (χ2n) is 4.71. The molecule has 5 heteroatoms. The molecule has 0 radical (unpaired) electrons. The summed E-state index contributed by atoms with van der Waals surface area (Å²) < 4.78 is 7.54. The molecule has 1 aromatic rings. The minimum absolute atomic E-state index is 0.0395. The second-order valence-corrected chi connectivity index (χ2v) is 4.71. The lowest BCUT2D eigenvalue weighted by Crippen LogP contribution is -2.43. The molecule has 0 aromatic carbocycles. The number of hydrogen-bond donors (Lipinski definition) is 1.